The molecule has 0 aliphatic rings. The number of aryl methyl sites for hydroxylation is 1. The number of hydrogen-bond acceptors (Lipinski definition) is 6. The van der Waals surface area contributed by atoms with Crippen LogP contribution in [-0.2, 0) is 0 Å². The van der Waals surface area contributed by atoms with Crippen molar-refractivity contribution in [2.24, 2.45) is 0 Å². The molecule has 0 amide bonds. The van der Waals surface area contributed by atoms with Crippen molar-refractivity contribution in [3.8, 4) is 17.7 Å². The number of fused-ring (bicyclic) bond motifs is 2. The van der Waals surface area contributed by atoms with Crippen LogP contribution in [0.25, 0.3) is 27.5 Å². The summed E-state index contributed by atoms with van der Waals surface area (Å²) in [4.78, 5) is 22.5. The number of hydrogen-bond donors (Lipinski definition) is 0. The van der Waals surface area contributed by atoms with Crippen molar-refractivity contribution in [1.82, 2.24) is 14.4 Å². The Bertz CT molecular complexity index is 1580. The Labute approximate surface area is 187 Å². The SMILES string of the molecule is Cc1ccccc1Oc1nc2ccccn2c(=O)c1C=C(C#N)c1nc2ccccc2s1. The van der Waals surface area contributed by atoms with Gasteiger partial charge in [-0.3, -0.25) is 9.20 Å². The van der Waals surface area contributed by atoms with Gasteiger partial charge in [-0.1, -0.05) is 36.4 Å². The maximum absolute atomic E-state index is 13.4. The first kappa shape index (κ1) is 19.7. The molecule has 0 aliphatic carbocycles. The lowest BCUT2D eigenvalue weighted by molar-refractivity contribution is 0.457. The number of thiazole rings is 1. The summed E-state index contributed by atoms with van der Waals surface area (Å²) in [6, 6.07) is 22.6. The molecule has 3 heterocycles. The molecule has 7 heteroatoms. The van der Waals surface area contributed by atoms with Crippen molar-refractivity contribution in [2.45, 2.75) is 6.92 Å². The number of nitriles is 1. The van der Waals surface area contributed by atoms with E-state index >= 15 is 0 Å². The van der Waals surface area contributed by atoms with Crippen molar-refractivity contribution < 1.29 is 4.74 Å². The Balaban J connectivity index is 1.72. The third-order valence-electron chi connectivity index (χ3n) is 4.97. The molecule has 0 N–H and O–H groups in total. The Morgan fingerprint density at radius 2 is 1.84 bits per heavy atom. The largest absolute Gasteiger partial charge is 0.438 e. The van der Waals surface area contributed by atoms with E-state index in [-0.39, 0.29) is 22.6 Å². The van der Waals surface area contributed by atoms with Crippen LogP contribution in [0.15, 0.2) is 77.7 Å². The predicted molar refractivity (Wildman–Crippen MR) is 126 cm³/mol. The zero-order valence-corrected chi connectivity index (χ0v) is 17.8. The minimum Gasteiger partial charge on any atom is -0.438 e. The molecule has 0 saturated carbocycles. The first-order valence-corrected chi connectivity index (χ1v) is 10.7. The van der Waals surface area contributed by atoms with E-state index in [1.54, 1.807) is 24.4 Å². The predicted octanol–water partition coefficient (Wildman–Crippen LogP) is 5.47. The molecule has 0 saturated heterocycles. The molecular weight excluding hydrogens is 420 g/mol. The zero-order chi connectivity index (χ0) is 22.1. The number of para-hydroxylation sites is 2. The van der Waals surface area contributed by atoms with Crippen LogP contribution in [0.3, 0.4) is 0 Å². The lowest BCUT2D eigenvalue weighted by Crippen LogP contribution is -2.18. The molecule has 0 spiro atoms. The Hall–Kier alpha value is -4.28. The summed E-state index contributed by atoms with van der Waals surface area (Å²) in [5.74, 6) is 0.734. The first-order valence-electron chi connectivity index (χ1n) is 9.86. The van der Waals surface area contributed by atoms with Crippen molar-refractivity contribution in [3.63, 3.8) is 0 Å². The van der Waals surface area contributed by atoms with Crippen LogP contribution in [0.1, 0.15) is 16.1 Å². The van der Waals surface area contributed by atoms with Crippen LogP contribution in [0.5, 0.6) is 11.6 Å². The van der Waals surface area contributed by atoms with Gasteiger partial charge in [-0.05, 0) is 48.9 Å². The van der Waals surface area contributed by atoms with E-state index in [1.807, 2.05) is 55.5 Å². The van der Waals surface area contributed by atoms with E-state index in [9.17, 15) is 10.1 Å². The van der Waals surface area contributed by atoms with Crippen molar-refractivity contribution in [3.05, 3.63) is 99.4 Å². The fraction of sp³-hybridized carbons (Fsp3) is 0.0400. The van der Waals surface area contributed by atoms with Gasteiger partial charge in [-0.25, -0.2) is 4.98 Å². The summed E-state index contributed by atoms with van der Waals surface area (Å²) in [6.45, 7) is 1.92. The molecule has 3 aromatic heterocycles. The quantitative estimate of drug-likeness (QED) is 0.349. The topological polar surface area (TPSA) is 80.3 Å². The molecule has 32 heavy (non-hydrogen) atoms. The van der Waals surface area contributed by atoms with Crippen LogP contribution < -0.4 is 10.3 Å². The molecule has 0 aliphatic heterocycles. The van der Waals surface area contributed by atoms with Crippen molar-refractivity contribution in [2.75, 3.05) is 0 Å². The second-order valence-corrected chi connectivity index (χ2v) is 8.12. The van der Waals surface area contributed by atoms with Crippen LogP contribution in [-0.4, -0.2) is 14.4 Å². The molecule has 0 unspecified atom stereocenters. The number of ether oxygens (including phenoxy) is 1. The summed E-state index contributed by atoms with van der Waals surface area (Å²) in [5, 5.41) is 10.4. The highest BCUT2D eigenvalue weighted by molar-refractivity contribution is 7.19. The Morgan fingerprint density at radius 1 is 1.06 bits per heavy atom. The number of nitrogens with zero attached hydrogens (tertiary/aromatic N) is 4. The van der Waals surface area contributed by atoms with Gasteiger partial charge in [0.25, 0.3) is 5.56 Å². The highest BCUT2D eigenvalue weighted by Gasteiger charge is 2.17. The first-order chi connectivity index (χ1) is 15.6. The van der Waals surface area contributed by atoms with Gasteiger partial charge >= 0.3 is 0 Å². The Morgan fingerprint density at radius 3 is 2.66 bits per heavy atom. The maximum Gasteiger partial charge on any atom is 0.269 e. The minimum absolute atomic E-state index is 0.143. The molecule has 0 atom stereocenters. The van der Waals surface area contributed by atoms with Gasteiger partial charge in [-0.15, -0.1) is 11.3 Å². The molecule has 5 rings (SSSR count). The highest BCUT2D eigenvalue weighted by Crippen LogP contribution is 2.30. The second kappa shape index (κ2) is 8.10. The van der Waals surface area contributed by atoms with Crippen LogP contribution in [0.4, 0.5) is 0 Å². The highest BCUT2D eigenvalue weighted by atomic mass is 32.1. The van der Waals surface area contributed by atoms with E-state index in [2.05, 4.69) is 16.0 Å². The summed E-state index contributed by atoms with van der Waals surface area (Å²) in [7, 11) is 0. The molecule has 0 bridgehead atoms. The van der Waals surface area contributed by atoms with Gasteiger partial charge < -0.3 is 4.74 Å². The molecule has 154 valence electrons. The maximum atomic E-state index is 13.4. The number of pyridine rings is 1. The van der Waals surface area contributed by atoms with Gasteiger partial charge in [0.1, 0.15) is 28.0 Å². The normalized spacial score (nSPS) is 11.6. The van der Waals surface area contributed by atoms with Gasteiger partial charge in [0.2, 0.25) is 5.88 Å². The zero-order valence-electron chi connectivity index (χ0n) is 17.0. The molecule has 6 nitrogen and oxygen atoms in total. The van der Waals surface area contributed by atoms with Crippen LogP contribution >= 0.6 is 11.3 Å². The number of aromatic nitrogens is 3. The van der Waals surface area contributed by atoms with E-state index in [0.29, 0.717) is 16.4 Å². The lowest BCUT2D eigenvalue weighted by Gasteiger charge is -2.11. The minimum atomic E-state index is -0.326. The molecule has 2 aromatic carbocycles. The summed E-state index contributed by atoms with van der Waals surface area (Å²) >= 11 is 1.40. The number of rotatable bonds is 4. The van der Waals surface area contributed by atoms with E-state index in [0.717, 1.165) is 15.8 Å². The van der Waals surface area contributed by atoms with Gasteiger partial charge in [-0.2, -0.15) is 10.2 Å². The molecule has 0 fully saturated rings. The standard InChI is InChI=1S/C25H16N4O2S/c1-16-8-2-4-10-20(16)31-23-18(25(30)29-13-7-6-12-22(29)28-23)14-17(15-26)24-27-19-9-3-5-11-21(19)32-24/h2-14H,1H3. The fourth-order valence-electron chi connectivity index (χ4n) is 3.33. The molecule has 0 radical (unpaired) electrons. The second-order valence-electron chi connectivity index (χ2n) is 7.09. The lowest BCUT2D eigenvalue weighted by atomic mass is 10.2. The summed E-state index contributed by atoms with van der Waals surface area (Å²) < 4.78 is 8.47. The average Bonchev–Trinajstić information content (AvgIpc) is 3.24. The summed E-state index contributed by atoms with van der Waals surface area (Å²) in [6.07, 6.45) is 3.16. The number of allylic oxidation sites excluding steroid dienone is 1. The van der Waals surface area contributed by atoms with Crippen LogP contribution in [0, 0.1) is 18.3 Å². The smallest absolute Gasteiger partial charge is 0.269 e. The van der Waals surface area contributed by atoms with E-state index in [1.165, 1.54) is 21.8 Å². The average molecular weight is 436 g/mol. The fourth-order valence-corrected chi connectivity index (χ4v) is 4.26. The Kier molecular flexibility index (Phi) is 4.98. The molecule has 5 aromatic rings. The van der Waals surface area contributed by atoms with E-state index in [4.69, 9.17) is 4.74 Å². The summed E-state index contributed by atoms with van der Waals surface area (Å²) in [5.41, 5.74) is 2.30. The van der Waals surface area contributed by atoms with Gasteiger partial charge in [0.05, 0.1) is 15.8 Å². The third-order valence-corrected chi connectivity index (χ3v) is 6.04. The monoisotopic (exact) mass is 436 g/mol. The van der Waals surface area contributed by atoms with Crippen molar-refractivity contribution >= 4 is 38.8 Å². The number of benzene rings is 2. The third kappa shape index (κ3) is 3.53. The van der Waals surface area contributed by atoms with E-state index < -0.39 is 0 Å². The van der Waals surface area contributed by atoms with Gasteiger partial charge in [0, 0.05) is 6.20 Å². The van der Waals surface area contributed by atoms with Crippen molar-refractivity contribution in [1.29, 1.82) is 5.26 Å². The van der Waals surface area contributed by atoms with Crippen LogP contribution in [0.2, 0.25) is 0 Å². The molecular formula is C25H16N4O2S. The van der Waals surface area contributed by atoms with Gasteiger partial charge in [0.15, 0.2) is 0 Å².